The number of aryl methyl sites for hydroxylation is 1. The summed E-state index contributed by atoms with van der Waals surface area (Å²) in [5.74, 6) is 0.648. The van der Waals surface area contributed by atoms with Crippen LogP contribution in [0.15, 0.2) is 16.6 Å². The van der Waals surface area contributed by atoms with Crippen LogP contribution in [-0.4, -0.2) is 9.78 Å². The molecule has 0 spiro atoms. The monoisotopic (exact) mass is 319 g/mol. The number of nitrogens with two attached hydrogens (primary N) is 1. The first-order chi connectivity index (χ1) is 7.50. The van der Waals surface area contributed by atoms with E-state index in [2.05, 4.69) is 28.0 Å². The number of rotatable bonds is 2. The van der Waals surface area contributed by atoms with Crippen LogP contribution in [0.3, 0.4) is 0 Å². The standard InChI is InChI=1S/C10H11BrClN3S/c1-5-9(11)10(13)15(14-5)6(2)7-3-4-8(12)16-7/h3-4,6H,13H2,1-2H3. The molecule has 0 aliphatic heterocycles. The Labute approximate surface area is 111 Å². The molecule has 2 heterocycles. The summed E-state index contributed by atoms with van der Waals surface area (Å²) >= 11 is 10.9. The van der Waals surface area contributed by atoms with E-state index in [0.717, 1.165) is 19.4 Å². The second kappa shape index (κ2) is 4.39. The summed E-state index contributed by atoms with van der Waals surface area (Å²) in [6, 6.07) is 3.99. The quantitative estimate of drug-likeness (QED) is 0.913. The first-order valence-corrected chi connectivity index (χ1v) is 6.74. The minimum absolute atomic E-state index is 0.0995. The maximum absolute atomic E-state index is 5.97. The van der Waals surface area contributed by atoms with Crippen molar-refractivity contribution in [1.29, 1.82) is 0 Å². The van der Waals surface area contributed by atoms with Gasteiger partial charge in [0.1, 0.15) is 5.82 Å². The summed E-state index contributed by atoms with van der Waals surface area (Å²) in [5, 5.41) is 4.40. The normalized spacial score (nSPS) is 13.0. The van der Waals surface area contributed by atoms with Gasteiger partial charge in [-0.3, -0.25) is 0 Å². The largest absolute Gasteiger partial charge is 0.383 e. The van der Waals surface area contributed by atoms with E-state index >= 15 is 0 Å². The van der Waals surface area contributed by atoms with Crippen molar-refractivity contribution < 1.29 is 0 Å². The van der Waals surface area contributed by atoms with Crippen molar-refractivity contribution in [3.8, 4) is 0 Å². The summed E-state index contributed by atoms with van der Waals surface area (Å²) in [6.45, 7) is 3.97. The molecule has 2 rings (SSSR count). The molecule has 0 fully saturated rings. The Kier molecular flexibility index (Phi) is 3.28. The highest BCUT2D eigenvalue weighted by Crippen LogP contribution is 2.32. The van der Waals surface area contributed by atoms with E-state index in [1.807, 2.05) is 23.7 Å². The van der Waals surface area contributed by atoms with Gasteiger partial charge in [-0.05, 0) is 41.9 Å². The Bertz CT molecular complexity index is 520. The van der Waals surface area contributed by atoms with Crippen molar-refractivity contribution in [2.75, 3.05) is 5.73 Å². The summed E-state index contributed by atoms with van der Waals surface area (Å²) in [5.41, 5.74) is 6.87. The molecule has 2 aromatic heterocycles. The molecule has 0 saturated heterocycles. The smallest absolute Gasteiger partial charge is 0.137 e. The average Bonchev–Trinajstić information content (AvgIpc) is 2.78. The van der Waals surface area contributed by atoms with E-state index in [-0.39, 0.29) is 6.04 Å². The zero-order valence-electron chi connectivity index (χ0n) is 8.87. The van der Waals surface area contributed by atoms with Crippen LogP contribution in [0.25, 0.3) is 0 Å². The molecule has 2 aromatic rings. The predicted octanol–water partition coefficient (Wildman–Crippen LogP) is 3.86. The fourth-order valence-corrected chi connectivity index (χ4v) is 2.87. The van der Waals surface area contributed by atoms with Crippen LogP contribution in [0.5, 0.6) is 0 Å². The summed E-state index contributed by atoms with van der Waals surface area (Å²) in [6.07, 6.45) is 0. The van der Waals surface area contributed by atoms with Gasteiger partial charge in [0.2, 0.25) is 0 Å². The number of nitrogens with zero attached hydrogens (tertiary/aromatic N) is 2. The molecule has 1 unspecified atom stereocenters. The first-order valence-electron chi connectivity index (χ1n) is 4.76. The highest BCUT2D eigenvalue weighted by Gasteiger charge is 2.17. The van der Waals surface area contributed by atoms with Crippen molar-refractivity contribution in [1.82, 2.24) is 9.78 Å². The maximum atomic E-state index is 5.97. The number of thiophene rings is 1. The van der Waals surface area contributed by atoms with Gasteiger partial charge in [0.05, 0.1) is 20.5 Å². The van der Waals surface area contributed by atoms with Crippen molar-refractivity contribution in [2.45, 2.75) is 19.9 Å². The predicted molar refractivity (Wildman–Crippen MR) is 72.2 cm³/mol. The number of halogens is 2. The van der Waals surface area contributed by atoms with Gasteiger partial charge in [0, 0.05) is 4.88 Å². The molecule has 0 bridgehead atoms. The van der Waals surface area contributed by atoms with Crippen LogP contribution in [0.2, 0.25) is 4.34 Å². The molecular formula is C10H11BrClN3S. The Hall–Kier alpha value is -0.520. The van der Waals surface area contributed by atoms with Gasteiger partial charge >= 0.3 is 0 Å². The molecule has 16 heavy (non-hydrogen) atoms. The highest BCUT2D eigenvalue weighted by atomic mass is 79.9. The van der Waals surface area contributed by atoms with Gasteiger partial charge in [-0.25, -0.2) is 4.68 Å². The third kappa shape index (κ3) is 1.99. The molecule has 0 aliphatic carbocycles. The van der Waals surface area contributed by atoms with E-state index in [4.69, 9.17) is 17.3 Å². The second-order valence-electron chi connectivity index (χ2n) is 3.55. The van der Waals surface area contributed by atoms with E-state index in [1.165, 1.54) is 0 Å². The lowest BCUT2D eigenvalue weighted by Gasteiger charge is -2.11. The topological polar surface area (TPSA) is 43.8 Å². The van der Waals surface area contributed by atoms with Gasteiger partial charge in [0.25, 0.3) is 0 Å². The van der Waals surface area contributed by atoms with Crippen LogP contribution < -0.4 is 5.73 Å². The summed E-state index contributed by atoms with van der Waals surface area (Å²) in [4.78, 5) is 1.15. The molecule has 0 aliphatic rings. The molecule has 0 radical (unpaired) electrons. The zero-order valence-corrected chi connectivity index (χ0v) is 12.0. The minimum atomic E-state index is 0.0995. The lowest BCUT2D eigenvalue weighted by molar-refractivity contribution is 0.577. The number of hydrogen-bond donors (Lipinski definition) is 1. The Morgan fingerprint density at radius 3 is 2.69 bits per heavy atom. The highest BCUT2D eigenvalue weighted by molar-refractivity contribution is 9.10. The van der Waals surface area contributed by atoms with Gasteiger partial charge in [0.15, 0.2) is 0 Å². The molecule has 1 atom stereocenters. The molecule has 0 saturated carbocycles. The van der Waals surface area contributed by atoms with Crippen LogP contribution in [0.1, 0.15) is 23.5 Å². The second-order valence-corrected chi connectivity index (χ2v) is 6.09. The van der Waals surface area contributed by atoms with Gasteiger partial charge in [-0.2, -0.15) is 5.10 Å². The first kappa shape index (κ1) is 12.0. The fourth-order valence-electron chi connectivity index (χ4n) is 1.51. The van der Waals surface area contributed by atoms with Crippen molar-refractivity contribution in [3.05, 3.63) is 31.5 Å². The van der Waals surface area contributed by atoms with Crippen LogP contribution in [0, 0.1) is 6.92 Å². The molecular weight excluding hydrogens is 310 g/mol. The zero-order chi connectivity index (χ0) is 11.9. The molecule has 0 amide bonds. The van der Waals surface area contributed by atoms with Crippen molar-refractivity contribution in [3.63, 3.8) is 0 Å². The summed E-state index contributed by atoms with van der Waals surface area (Å²) < 4.78 is 3.45. The van der Waals surface area contributed by atoms with Gasteiger partial charge < -0.3 is 5.73 Å². The van der Waals surface area contributed by atoms with E-state index in [0.29, 0.717) is 5.82 Å². The maximum Gasteiger partial charge on any atom is 0.137 e. The van der Waals surface area contributed by atoms with Crippen LogP contribution in [-0.2, 0) is 0 Å². The minimum Gasteiger partial charge on any atom is -0.383 e. The lowest BCUT2D eigenvalue weighted by atomic mass is 10.3. The molecule has 3 nitrogen and oxygen atoms in total. The molecule has 2 N–H and O–H groups in total. The van der Waals surface area contributed by atoms with Crippen molar-refractivity contribution in [2.24, 2.45) is 0 Å². The Balaban J connectivity index is 2.41. The van der Waals surface area contributed by atoms with Crippen LogP contribution >= 0.6 is 38.9 Å². The van der Waals surface area contributed by atoms with Crippen LogP contribution in [0.4, 0.5) is 5.82 Å². The molecule has 86 valence electrons. The molecule has 0 aromatic carbocycles. The Morgan fingerprint density at radius 1 is 1.56 bits per heavy atom. The Morgan fingerprint density at radius 2 is 2.25 bits per heavy atom. The van der Waals surface area contributed by atoms with Gasteiger partial charge in [-0.15, -0.1) is 11.3 Å². The van der Waals surface area contributed by atoms with Crippen molar-refractivity contribution >= 4 is 44.7 Å². The number of nitrogen functional groups attached to an aromatic ring is 1. The number of anilines is 1. The van der Waals surface area contributed by atoms with E-state index < -0.39 is 0 Å². The number of aromatic nitrogens is 2. The van der Waals surface area contributed by atoms with Gasteiger partial charge in [-0.1, -0.05) is 11.6 Å². The third-order valence-corrected chi connectivity index (χ3v) is 4.80. The lowest BCUT2D eigenvalue weighted by Crippen LogP contribution is -2.10. The summed E-state index contributed by atoms with van der Waals surface area (Å²) in [7, 11) is 0. The van der Waals surface area contributed by atoms with E-state index in [9.17, 15) is 0 Å². The van der Waals surface area contributed by atoms with E-state index in [1.54, 1.807) is 11.3 Å². The average molecular weight is 321 g/mol. The fraction of sp³-hybridized carbons (Fsp3) is 0.300. The molecule has 6 heteroatoms. The SMILES string of the molecule is Cc1nn(C(C)c2ccc(Cl)s2)c(N)c1Br. The third-order valence-electron chi connectivity index (χ3n) is 2.42. The number of hydrogen-bond acceptors (Lipinski definition) is 3.